The third-order valence-corrected chi connectivity index (χ3v) is 1.82. The highest BCUT2D eigenvalue weighted by Gasteiger charge is 2.00. The maximum atomic E-state index is 5.42. The minimum absolute atomic E-state index is 0.499. The molecule has 0 aliphatic rings. The van der Waals surface area contributed by atoms with Crippen molar-refractivity contribution in [3.63, 3.8) is 0 Å². The van der Waals surface area contributed by atoms with Crippen LogP contribution in [-0.2, 0) is 0 Å². The Morgan fingerprint density at radius 2 is 2.33 bits per heavy atom. The van der Waals surface area contributed by atoms with Crippen LogP contribution in [0.2, 0.25) is 0 Å². The molecule has 0 saturated heterocycles. The maximum absolute atomic E-state index is 5.42. The summed E-state index contributed by atoms with van der Waals surface area (Å²) in [6.45, 7) is 4.21. The monoisotopic (exact) mass is 137 g/mol. The van der Waals surface area contributed by atoms with Gasteiger partial charge in [0.15, 0.2) is 7.85 Å². The molecule has 1 rings (SSSR count). The SMILES string of the molecule is [B]c1nc(C(C)C)cs1. The molecule has 2 radical (unpaired) electrons. The molecule has 0 saturated carbocycles. The van der Waals surface area contributed by atoms with Crippen LogP contribution >= 0.6 is 11.3 Å². The minimum Gasteiger partial charge on any atom is -0.258 e. The second-order valence-electron chi connectivity index (χ2n) is 2.27. The number of aromatic nitrogens is 1. The van der Waals surface area contributed by atoms with Crippen molar-refractivity contribution in [3.05, 3.63) is 11.1 Å². The Morgan fingerprint density at radius 1 is 1.67 bits per heavy atom. The molecule has 1 nitrogen and oxygen atoms in total. The molecule has 0 fully saturated rings. The molecule has 0 atom stereocenters. The van der Waals surface area contributed by atoms with E-state index in [1.165, 1.54) is 11.3 Å². The van der Waals surface area contributed by atoms with Crippen molar-refractivity contribution in [1.82, 2.24) is 4.98 Å². The molecule has 0 aliphatic heterocycles. The van der Waals surface area contributed by atoms with Gasteiger partial charge in [-0.2, -0.15) is 0 Å². The van der Waals surface area contributed by atoms with Gasteiger partial charge in [-0.15, -0.1) is 11.3 Å². The van der Waals surface area contributed by atoms with E-state index >= 15 is 0 Å². The second kappa shape index (κ2) is 2.52. The molecular weight excluding hydrogens is 129 g/mol. The Labute approximate surface area is 60.5 Å². The molecule has 0 amide bonds. The molecule has 9 heavy (non-hydrogen) atoms. The number of hydrogen-bond acceptors (Lipinski definition) is 2. The van der Waals surface area contributed by atoms with E-state index in [1.807, 2.05) is 5.38 Å². The van der Waals surface area contributed by atoms with E-state index in [1.54, 1.807) is 0 Å². The topological polar surface area (TPSA) is 12.9 Å². The second-order valence-corrected chi connectivity index (χ2v) is 3.15. The summed E-state index contributed by atoms with van der Waals surface area (Å²) in [6.07, 6.45) is 0. The normalized spacial score (nSPS) is 10.6. The van der Waals surface area contributed by atoms with E-state index in [0.717, 1.165) is 5.69 Å². The largest absolute Gasteiger partial charge is 0.258 e. The van der Waals surface area contributed by atoms with Crippen LogP contribution in [-0.4, -0.2) is 12.8 Å². The number of nitrogens with zero attached hydrogens (tertiary/aromatic N) is 1. The molecule has 3 heteroatoms. The van der Waals surface area contributed by atoms with Gasteiger partial charge in [-0.1, -0.05) is 13.8 Å². The Balaban J connectivity index is 2.85. The fourth-order valence-electron chi connectivity index (χ4n) is 0.566. The van der Waals surface area contributed by atoms with Crippen molar-refractivity contribution in [2.24, 2.45) is 0 Å². The predicted octanol–water partition coefficient (Wildman–Crippen LogP) is 1.06. The highest BCUT2D eigenvalue weighted by Crippen LogP contribution is 2.10. The number of thiazole rings is 1. The van der Waals surface area contributed by atoms with Gasteiger partial charge in [0.1, 0.15) is 0 Å². The van der Waals surface area contributed by atoms with Crippen LogP contribution in [0.4, 0.5) is 0 Å². The average molecular weight is 137 g/mol. The van der Waals surface area contributed by atoms with Crippen LogP contribution in [0, 0.1) is 0 Å². The molecule has 1 aromatic rings. The zero-order chi connectivity index (χ0) is 6.85. The van der Waals surface area contributed by atoms with E-state index in [2.05, 4.69) is 18.8 Å². The van der Waals surface area contributed by atoms with Crippen LogP contribution in [0.3, 0.4) is 0 Å². The third-order valence-electron chi connectivity index (χ3n) is 1.13. The van der Waals surface area contributed by atoms with Gasteiger partial charge in [-0.05, 0) is 5.92 Å². The van der Waals surface area contributed by atoms with Crippen LogP contribution in [0.15, 0.2) is 5.38 Å². The molecule has 1 aromatic heterocycles. The van der Waals surface area contributed by atoms with Gasteiger partial charge in [-0.25, -0.2) is 0 Å². The fraction of sp³-hybridized carbons (Fsp3) is 0.500. The Bertz CT molecular complexity index is 195. The molecule has 0 N–H and O–H groups in total. The van der Waals surface area contributed by atoms with Gasteiger partial charge in [-0.3, -0.25) is 4.98 Å². The number of rotatable bonds is 1. The summed E-state index contributed by atoms with van der Waals surface area (Å²) >= 11 is 1.50. The van der Waals surface area contributed by atoms with Crippen molar-refractivity contribution < 1.29 is 0 Å². The molecule has 46 valence electrons. The van der Waals surface area contributed by atoms with Crippen molar-refractivity contribution >= 4 is 24.1 Å². The van der Waals surface area contributed by atoms with Crippen molar-refractivity contribution in [2.45, 2.75) is 19.8 Å². The molecule has 0 spiro atoms. The van der Waals surface area contributed by atoms with Crippen LogP contribution < -0.4 is 4.91 Å². The summed E-state index contributed by atoms with van der Waals surface area (Å²) < 4.78 is 0. The zero-order valence-corrected chi connectivity index (χ0v) is 6.40. The summed E-state index contributed by atoms with van der Waals surface area (Å²) in [5.41, 5.74) is 1.09. The van der Waals surface area contributed by atoms with Gasteiger partial charge in [0.05, 0.1) is 5.69 Å². The maximum Gasteiger partial charge on any atom is 0.157 e. The lowest BCUT2D eigenvalue weighted by atomic mass is 10.1. The van der Waals surface area contributed by atoms with E-state index in [0.29, 0.717) is 10.8 Å². The lowest BCUT2D eigenvalue weighted by Gasteiger charge is -1.95. The predicted molar refractivity (Wildman–Crippen MR) is 41.6 cm³/mol. The van der Waals surface area contributed by atoms with E-state index in [-0.39, 0.29) is 0 Å². The van der Waals surface area contributed by atoms with Gasteiger partial charge >= 0.3 is 0 Å². The zero-order valence-electron chi connectivity index (χ0n) is 5.59. The average Bonchev–Trinajstić information content (AvgIpc) is 2.14. The van der Waals surface area contributed by atoms with Gasteiger partial charge < -0.3 is 0 Å². The first-order chi connectivity index (χ1) is 4.20. The number of hydrogen-bond donors (Lipinski definition) is 0. The molecule has 0 aliphatic carbocycles. The summed E-state index contributed by atoms with van der Waals surface area (Å²) in [4.78, 5) is 4.77. The van der Waals surface area contributed by atoms with Crippen LogP contribution in [0.25, 0.3) is 0 Å². The van der Waals surface area contributed by atoms with Crippen LogP contribution in [0.1, 0.15) is 25.5 Å². The van der Waals surface area contributed by atoms with E-state index in [4.69, 9.17) is 7.85 Å². The Hall–Kier alpha value is -0.305. The first kappa shape index (κ1) is 6.81. The lowest BCUT2D eigenvalue weighted by molar-refractivity contribution is 0.836. The minimum atomic E-state index is 0.499. The van der Waals surface area contributed by atoms with E-state index in [9.17, 15) is 0 Å². The molecule has 0 bridgehead atoms. The first-order valence-electron chi connectivity index (χ1n) is 2.91. The third kappa shape index (κ3) is 1.55. The fourth-order valence-corrected chi connectivity index (χ4v) is 1.29. The highest BCUT2D eigenvalue weighted by molar-refractivity contribution is 7.17. The van der Waals surface area contributed by atoms with Crippen LogP contribution in [0.5, 0.6) is 0 Å². The standard InChI is InChI=1S/C6H8BNS/c1-4(2)5-3-9-6(7)8-5/h3-4H,1-2H3. The van der Waals surface area contributed by atoms with Crippen molar-refractivity contribution in [3.8, 4) is 0 Å². The lowest BCUT2D eigenvalue weighted by Crippen LogP contribution is -2.00. The van der Waals surface area contributed by atoms with Gasteiger partial charge in [0, 0.05) is 10.3 Å². The summed E-state index contributed by atoms with van der Waals surface area (Å²) in [6, 6.07) is 0. The van der Waals surface area contributed by atoms with Gasteiger partial charge in [0.2, 0.25) is 0 Å². The molecule has 1 heterocycles. The van der Waals surface area contributed by atoms with Crippen molar-refractivity contribution in [1.29, 1.82) is 0 Å². The Morgan fingerprint density at radius 3 is 2.56 bits per heavy atom. The molecule has 0 unspecified atom stereocenters. The molecule has 0 aromatic carbocycles. The quantitative estimate of drug-likeness (QED) is 0.527. The first-order valence-corrected chi connectivity index (χ1v) is 3.79. The Kier molecular flexibility index (Phi) is 1.91. The summed E-state index contributed by atoms with van der Waals surface area (Å²) in [7, 11) is 5.42. The highest BCUT2D eigenvalue weighted by atomic mass is 32.1. The smallest absolute Gasteiger partial charge is 0.157 e. The summed E-state index contributed by atoms with van der Waals surface area (Å²) in [5.74, 6) is 0.499. The van der Waals surface area contributed by atoms with Crippen molar-refractivity contribution in [2.75, 3.05) is 0 Å². The van der Waals surface area contributed by atoms with Gasteiger partial charge in [0.25, 0.3) is 0 Å². The van der Waals surface area contributed by atoms with E-state index < -0.39 is 0 Å². The molecular formula is C6H8BNS. The summed E-state index contributed by atoms with van der Waals surface area (Å²) in [5, 5.41) is 2.00.